The minimum Gasteiger partial charge on any atom is -0.493 e. The molecule has 2 N–H and O–H groups in total. The minimum absolute atomic E-state index is 0. The Morgan fingerprint density at radius 3 is 2.77 bits per heavy atom. The van der Waals surface area contributed by atoms with Gasteiger partial charge >= 0.3 is 0 Å². The standard InChI is InChI=1S/C19H28N4OS.HI/c1-14(2)13-24-17-7-5-6-16(10-17)12-23-19(20-4)21-9-8-18-22-11-15(3)25-18;/h5-7,10-11,14H,8-9,12-13H2,1-4H3,(H2,20,21,23);1H. The summed E-state index contributed by atoms with van der Waals surface area (Å²) < 4.78 is 5.78. The number of rotatable bonds is 8. The normalized spacial score (nSPS) is 11.2. The van der Waals surface area contributed by atoms with Crippen LogP contribution in [0.4, 0.5) is 0 Å². The van der Waals surface area contributed by atoms with Crippen LogP contribution in [0.5, 0.6) is 5.75 Å². The van der Waals surface area contributed by atoms with E-state index in [0.717, 1.165) is 36.3 Å². The zero-order valence-corrected chi connectivity index (χ0v) is 19.1. The lowest BCUT2D eigenvalue weighted by Crippen LogP contribution is -2.37. The highest BCUT2D eigenvalue weighted by molar-refractivity contribution is 14.0. The molecule has 0 aliphatic rings. The van der Waals surface area contributed by atoms with Gasteiger partial charge in [-0.15, -0.1) is 35.3 Å². The van der Waals surface area contributed by atoms with E-state index in [0.29, 0.717) is 12.5 Å². The first-order valence-electron chi connectivity index (χ1n) is 8.64. The molecule has 1 heterocycles. The molecule has 2 aromatic rings. The maximum absolute atomic E-state index is 5.78. The van der Waals surface area contributed by atoms with Crippen LogP contribution < -0.4 is 15.4 Å². The fourth-order valence-corrected chi connectivity index (χ4v) is 3.01. The smallest absolute Gasteiger partial charge is 0.191 e. The van der Waals surface area contributed by atoms with Crippen molar-refractivity contribution in [3.8, 4) is 5.75 Å². The second kappa shape index (κ2) is 12.1. The van der Waals surface area contributed by atoms with Crippen LogP contribution in [0.2, 0.25) is 0 Å². The van der Waals surface area contributed by atoms with Crippen molar-refractivity contribution in [3.05, 3.63) is 45.9 Å². The maximum atomic E-state index is 5.78. The molecular formula is C19H29IN4OS. The van der Waals surface area contributed by atoms with Gasteiger partial charge in [0.2, 0.25) is 0 Å². The molecule has 0 saturated carbocycles. The molecule has 0 spiro atoms. The van der Waals surface area contributed by atoms with Gasteiger partial charge in [-0.3, -0.25) is 4.99 Å². The molecule has 26 heavy (non-hydrogen) atoms. The van der Waals surface area contributed by atoms with E-state index in [-0.39, 0.29) is 24.0 Å². The highest BCUT2D eigenvalue weighted by Crippen LogP contribution is 2.14. The summed E-state index contributed by atoms with van der Waals surface area (Å²) in [5.41, 5.74) is 1.17. The summed E-state index contributed by atoms with van der Waals surface area (Å²) in [4.78, 5) is 9.89. The fourth-order valence-electron chi connectivity index (χ4n) is 2.22. The highest BCUT2D eigenvalue weighted by atomic mass is 127. The molecule has 0 aliphatic carbocycles. The summed E-state index contributed by atoms with van der Waals surface area (Å²) in [7, 11) is 1.78. The Morgan fingerprint density at radius 1 is 1.31 bits per heavy atom. The lowest BCUT2D eigenvalue weighted by Gasteiger charge is -2.13. The van der Waals surface area contributed by atoms with Gasteiger partial charge in [-0.05, 0) is 30.5 Å². The summed E-state index contributed by atoms with van der Waals surface area (Å²) >= 11 is 1.74. The van der Waals surface area contributed by atoms with Gasteiger partial charge in [0.1, 0.15) is 5.75 Å². The largest absolute Gasteiger partial charge is 0.493 e. The second-order valence-electron chi connectivity index (χ2n) is 6.32. The third-order valence-corrected chi connectivity index (χ3v) is 4.44. The van der Waals surface area contributed by atoms with Crippen molar-refractivity contribution >= 4 is 41.3 Å². The number of nitrogens with one attached hydrogen (secondary N) is 2. The van der Waals surface area contributed by atoms with E-state index in [4.69, 9.17) is 4.74 Å². The topological polar surface area (TPSA) is 58.5 Å². The molecule has 2 rings (SSSR count). The van der Waals surface area contributed by atoms with Crippen molar-refractivity contribution in [1.82, 2.24) is 15.6 Å². The average molecular weight is 488 g/mol. The van der Waals surface area contributed by atoms with Crippen molar-refractivity contribution in [1.29, 1.82) is 0 Å². The quantitative estimate of drug-likeness (QED) is 0.335. The van der Waals surface area contributed by atoms with E-state index in [9.17, 15) is 0 Å². The Labute approximate surface area is 177 Å². The molecule has 5 nitrogen and oxygen atoms in total. The van der Waals surface area contributed by atoms with Crippen LogP contribution in [0, 0.1) is 12.8 Å². The van der Waals surface area contributed by atoms with Crippen molar-refractivity contribution in [2.75, 3.05) is 20.2 Å². The van der Waals surface area contributed by atoms with Crippen molar-refractivity contribution < 1.29 is 4.74 Å². The number of halogens is 1. The number of aryl methyl sites for hydroxylation is 1. The first kappa shape index (κ1) is 22.7. The van der Waals surface area contributed by atoms with E-state index in [1.807, 2.05) is 18.3 Å². The molecule has 0 unspecified atom stereocenters. The number of hydrogen-bond acceptors (Lipinski definition) is 4. The predicted molar refractivity (Wildman–Crippen MR) is 121 cm³/mol. The van der Waals surface area contributed by atoms with Crippen LogP contribution in [0.3, 0.4) is 0 Å². The molecule has 0 saturated heterocycles. The monoisotopic (exact) mass is 488 g/mol. The number of benzene rings is 1. The first-order chi connectivity index (χ1) is 12.1. The Morgan fingerprint density at radius 2 is 2.12 bits per heavy atom. The molecular weight excluding hydrogens is 459 g/mol. The highest BCUT2D eigenvalue weighted by Gasteiger charge is 2.03. The molecule has 0 atom stereocenters. The average Bonchev–Trinajstić information content (AvgIpc) is 3.01. The predicted octanol–water partition coefficient (Wildman–Crippen LogP) is 4.01. The van der Waals surface area contributed by atoms with Gasteiger partial charge in [0.25, 0.3) is 0 Å². The number of guanidine groups is 1. The number of hydrogen-bond donors (Lipinski definition) is 2. The van der Waals surface area contributed by atoms with Crippen LogP contribution >= 0.6 is 35.3 Å². The van der Waals surface area contributed by atoms with Crippen LogP contribution in [-0.2, 0) is 13.0 Å². The van der Waals surface area contributed by atoms with Gasteiger partial charge in [0, 0.05) is 37.6 Å². The zero-order valence-electron chi connectivity index (χ0n) is 15.9. The number of aliphatic imine (C=N–C) groups is 1. The molecule has 0 radical (unpaired) electrons. The SMILES string of the molecule is CN=C(NCCc1ncc(C)s1)NCc1cccc(OCC(C)C)c1.I. The van der Waals surface area contributed by atoms with Crippen molar-refractivity contribution in [3.63, 3.8) is 0 Å². The first-order valence-corrected chi connectivity index (χ1v) is 9.46. The molecule has 0 fully saturated rings. The fraction of sp³-hybridized carbons (Fsp3) is 0.474. The maximum Gasteiger partial charge on any atom is 0.191 e. The third kappa shape index (κ3) is 8.35. The molecule has 144 valence electrons. The van der Waals surface area contributed by atoms with Gasteiger partial charge in [0.05, 0.1) is 11.6 Å². The second-order valence-corrected chi connectivity index (χ2v) is 7.64. The lowest BCUT2D eigenvalue weighted by molar-refractivity contribution is 0.271. The minimum atomic E-state index is 0. The molecule has 0 amide bonds. The Hall–Kier alpha value is -1.35. The lowest BCUT2D eigenvalue weighted by atomic mass is 10.2. The summed E-state index contributed by atoms with van der Waals surface area (Å²) in [5, 5.41) is 7.81. The summed E-state index contributed by atoms with van der Waals surface area (Å²) in [5.74, 6) is 2.23. The van der Waals surface area contributed by atoms with Gasteiger partial charge in [-0.25, -0.2) is 4.98 Å². The van der Waals surface area contributed by atoms with Gasteiger partial charge in [-0.1, -0.05) is 26.0 Å². The molecule has 1 aromatic heterocycles. The third-order valence-electron chi connectivity index (χ3n) is 3.47. The van der Waals surface area contributed by atoms with Crippen LogP contribution in [0.15, 0.2) is 35.5 Å². The Kier molecular flexibility index (Phi) is 10.6. The number of nitrogens with zero attached hydrogens (tertiary/aromatic N) is 2. The summed E-state index contributed by atoms with van der Waals surface area (Å²) in [6.45, 7) is 8.62. The Bertz CT molecular complexity index is 688. The van der Waals surface area contributed by atoms with Gasteiger partial charge < -0.3 is 15.4 Å². The van der Waals surface area contributed by atoms with Crippen LogP contribution in [-0.4, -0.2) is 31.1 Å². The van der Waals surface area contributed by atoms with E-state index in [1.54, 1.807) is 18.4 Å². The molecule has 7 heteroatoms. The number of thiazole rings is 1. The molecule has 0 bridgehead atoms. The zero-order chi connectivity index (χ0) is 18.1. The summed E-state index contributed by atoms with van der Waals surface area (Å²) in [6, 6.07) is 8.17. The summed E-state index contributed by atoms with van der Waals surface area (Å²) in [6.07, 6.45) is 2.82. The van der Waals surface area contributed by atoms with Gasteiger partial charge in [-0.2, -0.15) is 0 Å². The molecule has 0 aliphatic heterocycles. The van der Waals surface area contributed by atoms with Crippen LogP contribution in [0.1, 0.15) is 29.3 Å². The van der Waals surface area contributed by atoms with Crippen molar-refractivity contribution in [2.24, 2.45) is 10.9 Å². The number of ether oxygens (including phenoxy) is 1. The van der Waals surface area contributed by atoms with Gasteiger partial charge in [0.15, 0.2) is 5.96 Å². The van der Waals surface area contributed by atoms with E-state index in [2.05, 4.69) is 53.5 Å². The van der Waals surface area contributed by atoms with E-state index >= 15 is 0 Å². The van der Waals surface area contributed by atoms with Crippen LogP contribution in [0.25, 0.3) is 0 Å². The number of aromatic nitrogens is 1. The van der Waals surface area contributed by atoms with E-state index in [1.165, 1.54) is 10.4 Å². The Balaban J connectivity index is 0.00000338. The van der Waals surface area contributed by atoms with E-state index < -0.39 is 0 Å². The molecule has 1 aromatic carbocycles. The van der Waals surface area contributed by atoms with Crippen molar-refractivity contribution in [2.45, 2.75) is 33.7 Å².